The van der Waals surface area contributed by atoms with Crippen LogP contribution in [0.15, 0.2) is 48.8 Å². The molecule has 2 fully saturated rings. The maximum absolute atomic E-state index is 13.5. The molecule has 2 unspecified atom stereocenters. The molecule has 0 aliphatic carbocycles. The summed E-state index contributed by atoms with van der Waals surface area (Å²) in [5.74, 6) is 0.180. The minimum Gasteiger partial charge on any atom is -0.494 e. The molecular formula is C25H25ClFN5O3. The third kappa shape index (κ3) is 5.07. The van der Waals surface area contributed by atoms with Gasteiger partial charge < -0.3 is 20.1 Å². The predicted molar refractivity (Wildman–Crippen MR) is 133 cm³/mol. The lowest BCUT2D eigenvalue weighted by Crippen LogP contribution is -2.59. The van der Waals surface area contributed by atoms with E-state index < -0.39 is 5.82 Å². The zero-order valence-electron chi connectivity index (χ0n) is 19.1. The highest BCUT2D eigenvalue weighted by Gasteiger charge is 2.38. The highest BCUT2D eigenvalue weighted by Crippen LogP contribution is 2.34. The Hall–Kier alpha value is -3.27. The molecule has 1 amide bonds. The van der Waals surface area contributed by atoms with Crippen molar-refractivity contribution in [2.45, 2.75) is 25.0 Å². The third-order valence-electron chi connectivity index (χ3n) is 6.32. The van der Waals surface area contributed by atoms with Crippen molar-refractivity contribution < 1.29 is 18.7 Å². The molecule has 0 saturated carbocycles. The van der Waals surface area contributed by atoms with Gasteiger partial charge in [-0.05, 0) is 43.7 Å². The Morgan fingerprint density at radius 2 is 2.23 bits per heavy atom. The fourth-order valence-electron chi connectivity index (χ4n) is 4.45. The second-order valence-corrected chi connectivity index (χ2v) is 8.92. The Kier molecular flexibility index (Phi) is 6.81. The number of fused-ring (bicyclic) bond motifs is 2. The molecule has 10 heteroatoms. The number of hydrogen-bond donors (Lipinski definition) is 2. The zero-order valence-corrected chi connectivity index (χ0v) is 19.9. The number of carbonyl (C=O) groups is 1. The predicted octanol–water partition coefficient (Wildman–Crippen LogP) is 4.53. The lowest BCUT2D eigenvalue weighted by Gasteiger charge is -2.47. The second kappa shape index (κ2) is 10.2. The second-order valence-electron chi connectivity index (χ2n) is 8.51. The number of piperidine rings is 1. The van der Waals surface area contributed by atoms with Crippen molar-refractivity contribution in [3.63, 3.8) is 0 Å². The van der Waals surface area contributed by atoms with Gasteiger partial charge in [0.2, 0.25) is 5.91 Å². The minimum absolute atomic E-state index is 0.000297. The lowest BCUT2D eigenvalue weighted by molar-refractivity contribution is -0.152. The molecule has 2 aliphatic heterocycles. The number of aromatic nitrogens is 2. The summed E-state index contributed by atoms with van der Waals surface area (Å²) in [4.78, 5) is 23.6. The van der Waals surface area contributed by atoms with Gasteiger partial charge in [-0.25, -0.2) is 14.4 Å². The zero-order chi connectivity index (χ0) is 24.4. The van der Waals surface area contributed by atoms with Crippen molar-refractivity contribution in [3.05, 3.63) is 59.7 Å². The molecule has 2 aliphatic rings. The number of ether oxygens (including phenoxy) is 2. The van der Waals surface area contributed by atoms with E-state index in [4.69, 9.17) is 21.1 Å². The van der Waals surface area contributed by atoms with Gasteiger partial charge in [0.05, 0.1) is 42.1 Å². The maximum atomic E-state index is 13.5. The Bertz CT molecular complexity index is 1290. The standard InChI is InChI=1S/C25H25ClFN5O3/c1-34-23-12-19-16(25(29-14-28-19)30-15-6-7-18(27)17(26)10-15)11-20(23)31-24(33)5-3-9-32-8-2-4-22-21(32)13-35-22/h3,5-7,10-12,14,21-22H,2,4,8-9,13H2,1H3,(H,31,33)(H,28,29,30). The van der Waals surface area contributed by atoms with Crippen LogP contribution in [-0.4, -0.2) is 59.7 Å². The van der Waals surface area contributed by atoms with E-state index in [1.165, 1.54) is 31.6 Å². The average molecular weight is 498 g/mol. The summed E-state index contributed by atoms with van der Waals surface area (Å²) in [6.07, 6.45) is 7.38. The molecule has 0 bridgehead atoms. The van der Waals surface area contributed by atoms with E-state index >= 15 is 0 Å². The van der Waals surface area contributed by atoms with Crippen LogP contribution in [0.5, 0.6) is 5.75 Å². The summed E-state index contributed by atoms with van der Waals surface area (Å²) < 4.78 is 24.6. The molecule has 3 aromatic rings. The Balaban J connectivity index is 1.33. The first-order chi connectivity index (χ1) is 17.0. The summed E-state index contributed by atoms with van der Waals surface area (Å²) in [7, 11) is 1.53. The van der Waals surface area contributed by atoms with E-state index in [1.807, 2.05) is 6.08 Å². The van der Waals surface area contributed by atoms with Crippen molar-refractivity contribution in [2.24, 2.45) is 0 Å². The van der Waals surface area contributed by atoms with Gasteiger partial charge in [-0.3, -0.25) is 9.69 Å². The number of anilines is 3. The number of rotatable bonds is 7. The number of carbonyl (C=O) groups excluding carboxylic acids is 1. The summed E-state index contributed by atoms with van der Waals surface area (Å²) in [5.41, 5.74) is 1.66. The first-order valence-electron chi connectivity index (χ1n) is 11.4. The van der Waals surface area contributed by atoms with Gasteiger partial charge in [0, 0.05) is 29.8 Å². The van der Waals surface area contributed by atoms with Crippen LogP contribution < -0.4 is 15.4 Å². The first kappa shape index (κ1) is 23.5. The summed E-state index contributed by atoms with van der Waals surface area (Å²) in [6.45, 7) is 2.49. The number of nitrogens with zero attached hydrogens (tertiary/aromatic N) is 3. The van der Waals surface area contributed by atoms with Gasteiger partial charge in [0.25, 0.3) is 0 Å². The molecule has 8 nitrogen and oxygen atoms in total. The van der Waals surface area contributed by atoms with E-state index in [0.717, 1.165) is 26.0 Å². The van der Waals surface area contributed by atoms with Crippen LogP contribution in [0.1, 0.15) is 12.8 Å². The fraction of sp³-hybridized carbons (Fsp3) is 0.320. The van der Waals surface area contributed by atoms with Crippen molar-refractivity contribution in [1.29, 1.82) is 0 Å². The van der Waals surface area contributed by atoms with E-state index in [2.05, 4.69) is 25.5 Å². The number of benzene rings is 2. The van der Waals surface area contributed by atoms with Crippen LogP contribution in [-0.2, 0) is 9.53 Å². The van der Waals surface area contributed by atoms with Gasteiger partial charge in [-0.15, -0.1) is 0 Å². The van der Waals surface area contributed by atoms with Crippen molar-refractivity contribution in [3.8, 4) is 5.75 Å². The molecule has 0 spiro atoms. The molecular weight excluding hydrogens is 473 g/mol. The molecule has 182 valence electrons. The normalized spacial score (nSPS) is 19.9. The van der Waals surface area contributed by atoms with Crippen LogP contribution >= 0.6 is 11.6 Å². The van der Waals surface area contributed by atoms with E-state index in [9.17, 15) is 9.18 Å². The van der Waals surface area contributed by atoms with E-state index in [0.29, 0.717) is 52.5 Å². The molecule has 2 atom stereocenters. The molecule has 2 saturated heterocycles. The molecule has 3 heterocycles. The summed E-state index contributed by atoms with van der Waals surface area (Å²) >= 11 is 5.90. The number of amides is 1. The third-order valence-corrected chi connectivity index (χ3v) is 6.61. The Labute approximate surface area is 207 Å². The van der Waals surface area contributed by atoms with Crippen LogP contribution in [0, 0.1) is 5.82 Å². The van der Waals surface area contributed by atoms with Crippen molar-refractivity contribution >= 4 is 45.6 Å². The van der Waals surface area contributed by atoms with Crippen LogP contribution in [0.25, 0.3) is 10.9 Å². The molecule has 35 heavy (non-hydrogen) atoms. The van der Waals surface area contributed by atoms with Crippen LogP contribution in [0.2, 0.25) is 5.02 Å². The number of halogens is 2. The Morgan fingerprint density at radius 3 is 3.00 bits per heavy atom. The SMILES string of the molecule is COc1cc2ncnc(Nc3ccc(F)c(Cl)c3)c2cc1NC(=O)C=CCN1CCCC2OCC21. The van der Waals surface area contributed by atoms with E-state index in [-0.39, 0.29) is 10.9 Å². The monoisotopic (exact) mass is 497 g/mol. The summed E-state index contributed by atoms with van der Waals surface area (Å²) in [5, 5.41) is 6.67. The van der Waals surface area contributed by atoms with Gasteiger partial charge in [0.15, 0.2) is 0 Å². The molecule has 1 aromatic heterocycles. The number of hydrogen-bond acceptors (Lipinski definition) is 7. The fourth-order valence-corrected chi connectivity index (χ4v) is 4.63. The van der Waals surface area contributed by atoms with Gasteiger partial charge >= 0.3 is 0 Å². The molecule has 0 radical (unpaired) electrons. The number of methoxy groups -OCH3 is 1. The molecule has 2 aromatic carbocycles. The van der Waals surface area contributed by atoms with Crippen LogP contribution in [0.4, 0.5) is 21.6 Å². The van der Waals surface area contributed by atoms with Gasteiger partial charge in [0.1, 0.15) is 23.7 Å². The van der Waals surface area contributed by atoms with Gasteiger partial charge in [-0.1, -0.05) is 17.7 Å². The average Bonchev–Trinajstić information content (AvgIpc) is 2.82. The quantitative estimate of drug-likeness (QED) is 0.463. The van der Waals surface area contributed by atoms with Crippen LogP contribution in [0.3, 0.4) is 0 Å². The number of likely N-dealkylation sites (tertiary alicyclic amines) is 1. The van der Waals surface area contributed by atoms with Crippen molar-refractivity contribution in [2.75, 3.05) is 37.4 Å². The highest BCUT2D eigenvalue weighted by molar-refractivity contribution is 6.31. The number of nitrogens with one attached hydrogen (secondary N) is 2. The highest BCUT2D eigenvalue weighted by atomic mass is 35.5. The lowest BCUT2D eigenvalue weighted by atomic mass is 9.95. The topological polar surface area (TPSA) is 88.6 Å². The minimum atomic E-state index is -0.506. The summed E-state index contributed by atoms with van der Waals surface area (Å²) in [6, 6.07) is 8.24. The van der Waals surface area contributed by atoms with Crippen molar-refractivity contribution in [1.82, 2.24) is 14.9 Å². The largest absolute Gasteiger partial charge is 0.494 e. The first-order valence-corrected chi connectivity index (χ1v) is 11.8. The van der Waals surface area contributed by atoms with Gasteiger partial charge in [-0.2, -0.15) is 0 Å². The molecule has 2 N–H and O–H groups in total. The molecule has 5 rings (SSSR count). The smallest absolute Gasteiger partial charge is 0.248 e. The Morgan fingerprint density at radius 1 is 1.34 bits per heavy atom. The maximum Gasteiger partial charge on any atom is 0.248 e. The van der Waals surface area contributed by atoms with E-state index in [1.54, 1.807) is 18.2 Å².